The second kappa shape index (κ2) is 5.36. The maximum atomic E-state index is 11.8. The number of carbonyl (C=O) groups is 2. The van der Waals surface area contributed by atoms with Crippen LogP contribution in [0.1, 0.15) is 19.4 Å². The molecule has 1 heterocycles. The van der Waals surface area contributed by atoms with Gasteiger partial charge in [-0.3, -0.25) is 9.59 Å². The first-order valence-electron chi connectivity index (χ1n) is 5.91. The van der Waals surface area contributed by atoms with Crippen LogP contribution in [0.2, 0.25) is 0 Å². The highest BCUT2D eigenvalue weighted by Gasteiger charge is 2.15. The second-order valence-electron chi connectivity index (χ2n) is 4.40. The van der Waals surface area contributed by atoms with E-state index >= 15 is 0 Å². The highest BCUT2D eigenvalue weighted by molar-refractivity contribution is 7.22. The molecule has 1 aromatic carbocycles. The van der Waals surface area contributed by atoms with E-state index in [9.17, 15) is 9.59 Å². The zero-order valence-electron chi connectivity index (χ0n) is 11.0. The molecule has 2 aromatic rings. The van der Waals surface area contributed by atoms with Crippen LogP contribution in [0.25, 0.3) is 10.2 Å². The summed E-state index contributed by atoms with van der Waals surface area (Å²) in [4.78, 5) is 27.0. The van der Waals surface area contributed by atoms with Gasteiger partial charge in [-0.25, -0.2) is 4.98 Å². The summed E-state index contributed by atoms with van der Waals surface area (Å²) in [6.07, 6.45) is 0. The normalized spacial score (nSPS) is 12.2. The van der Waals surface area contributed by atoms with Crippen LogP contribution < -0.4 is 10.6 Å². The molecule has 0 saturated carbocycles. The number of fused-ring (bicyclic) bond motifs is 1. The predicted molar refractivity (Wildman–Crippen MR) is 76.3 cm³/mol. The quantitative estimate of drug-likeness (QED) is 0.902. The Morgan fingerprint density at radius 3 is 2.79 bits per heavy atom. The third-order valence-electron chi connectivity index (χ3n) is 2.59. The number of thiazole rings is 1. The molecular weight excluding hydrogens is 262 g/mol. The SMILES string of the molecule is CC(=O)NC(C)C(=O)Nc1nc2ccc(C)cc2s1. The average molecular weight is 277 g/mol. The van der Waals surface area contributed by atoms with E-state index in [1.165, 1.54) is 18.3 Å². The Labute approximate surface area is 115 Å². The Bertz CT molecular complexity index is 636. The third-order valence-corrected chi connectivity index (χ3v) is 3.52. The zero-order valence-corrected chi connectivity index (χ0v) is 11.8. The molecule has 0 fully saturated rings. The Kier molecular flexibility index (Phi) is 3.80. The summed E-state index contributed by atoms with van der Waals surface area (Å²) in [7, 11) is 0. The number of aromatic nitrogens is 1. The van der Waals surface area contributed by atoms with Gasteiger partial charge in [-0.05, 0) is 31.5 Å². The molecule has 2 N–H and O–H groups in total. The number of aryl methyl sites for hydroxylation is 1. The molecule has 0 radical (unpaired) electrons. The molecule has 5 nitrogen and oxygen atoms in total. The molecule has 1 aromatic heterocycles. The Morgan fingerprint density at radius 1 is 1.37 bits per heavy atom. The van der Waals surface area contributed by atoms with Gasteiger partial charge in [0.05, 0.1) is 10.2 Å². The van der Waals surface area contributed by atoms with Crippen LogP contribution >= 0.6 is 11.3 Å². The topological polar surface area (TPSA) is 71.1 Å². The van der Waals surface area contributed by atoms with E-state index in [-0.39, 0.29) is 11.8 Å². The summed E-state index contributed by atoms with van der Waals surface area (Å²) in [5.41, 5.74) is 2.01. The maximum Gasteiger partial charge on any atom is 0.248 e. The average Bonchev–Trinajstić information content (AvgIpc) is 2.69. The first kappa shape index (κ1) is 13.5. The van der Waals surface area contributed by atoms with Gasteiger partial charge >= 0.3 is 0 Å². The van der Waals surface area contributed by atoms with Crippen molar-refractivity contribution in [3.05, 3.63) is 23.8 Å². The summed E-state index contributed by atoms with van der Waals surface area (Å²) in [5.74, 6) is -0.506. The van der Waals surface area contributed by atoms with E-state index in [0.29, 0.717) is 5.13 Å². The molecule has 0 aliphatic heterocycles. The summed E-state index contributed by atoms with van der Waals surface area (Å²) in [6.45, 7) is 5.02. The fraction of sp³-hybridized carbons (Fsp3) is 0.308. The minimum atomic E-state index is -0.578. The van der Waals surface area contributed by atoms with Gasteiger partial charge in [0.2, 0.25) is 11.8 Å². The van der Waals surface area contributed by atoms with Gasteiger partial charge in [0.1, 0.15) is 6.04 Å². The van der Waals surface area contributed by atoms with E-state index < -0.39 is 6.04 Å². The van der Waals surface area contributed by atoms with Crippen LogP contribution in [0.4, 0.5) is 5.13 Å². The van der Waals surface area contributed by atoms with E-state index in [2.05, 4.69) is 15.6 Å². The number of hydrogen-bond donors (Lipinski definition) is 2. The first-order chi connectivity index (χ1) is 8.95. The van der Waals surface area contributed by atoms with Crippen molar-refractivity contribution in [2.24, 2.45) is 0 Å². The van der Waals surface area contributed by atoms with Crippen molar-refractivity contribution in [1.82, 2.24) is 10.3 Å². The maximum absolute atomic E-state index is 11.8. The lowest BCUT2D eigenvalue weighted by Gasteiger charge is -2.10. The van der Waals surface area contributed by atoms with Crippen molar-refractivity contribution in [3.63, 3.8) is 0 Å². The first-order valence-corrected chi connectivity index (χ1v) is 6.72. The standard InChI is InChI=1S/C13H15N3O2S/c1-7-4-5-10-11(6-7)19-13(15-10)16-12(18)8(2)14-9(3)17/h4-6,8H,1-3H3,(H,14,17)(H,15,16,18). The van der Waals surface area contributed by atoms with Crippen LogP contribution in [0.15, 0.2) is 18.2 Å². The highest BCUT2D eigenvalue weighted by Crippen LogP contribution is 2.26. The molecule has 0 aliphatic rings. The van der Waals surface area contributed by atoms with Crippen LogP contribution in [0.3, 0.4) is 0 Å². The molecule has 1 atom stereocenters. The Balaban J connectivity index is 2.12. The van der Waals surface area contributed by atoms with E-state index in [4.69, 9.17) is 0 Å². The second-order valence-corrected chi connectivity index (χ2v) is 5.43. The van der Waals surface area contributed by atoms with Crippen LogP contribution in [-0.4, -0.2) is 22.8 Å². The fourth-order valence-corrected chi connectivity index (χ4v) is 2.64. The molecule has 0 aliphatic carbocycles. The van der Waals surface area contributed by atoms with Crippen molar-refractivity contribution in [3.8, 4) is 0 Å². The molecule has 100 valence electrons. The van der Waals surface area contributed by atoms with Crippen molar-refractivity contribution in [2.75, 3.05) is 5.32 Å². The van der Waals surface area contributed by atoms with Crippen molar-refractivity contribution in [1.29, 1.82) is 0 Å². The number of carbonyl (C=O) groups excluding carboxylic acids is 2. The monoisotopic (exact) mass is 277 g/mol. The minimum absolute atomic E-state index is 0.234. The smallest absolute Gasteiger partial charge is 0.248 e. The minimum Gasteiger partial charge on any atom is -0.345 e. The molecule has 0 bridgehead atoms. The molecule has 19 heavy (non-hydrogen) atoms. The zero-order chi connectivity index (χ0) is 14.0. The predicted octanol–water partition coefficient (Wildman–Crippen LogP) is 2.07. The molecular formula is C13H15N3O2S. The van der Waals surface area contributed by atoms with Gasteiger partial charge < -0.3 is 10.6 Å². The number of nitrogens with zero attached hydrogens (tertiary/aromatic N) is 1. The molecule has 2 rings (SSSR count). The summed E-state index contributed by atoms with van der Waals surface area (Å²) >= 11 is 1.42. The van der Waals surface area contributed by atoms with Gasteiger partial charge in [-0.15, -0.1) is 0 Å². The largest absolute Gasteiger partial charge is 0.345 e. The highest BCUT2D eigenvalue weighted by atomic mass is 32.1. The van der Waals surface area contributed by atoms with Crippen molar-refractivity contribution >= 4 is 38.5 Å². The van der Waals surface area contributed by atoms with Crippen LogP contribution in [0.5, 0.6) is 0 Å². The summed E-state index contributed by atoms with van der Waals surface area (Å²) in [5, 5.41) is 5.79. The summed E-state index contributed by atoms with van der Waals surface area (Å²) < 4.78 is 1.03. The van der Waals surface area contributed by atoms with E-state index in [1.807, 2.05) is 25.1 Å². The number of nitrogens with one attached hydrogen (secondary N) is 2. The number of amides is 2. The van der Waals surface area contributed by atoms with Crippen molar-refractivity contribution < 1.29 is 9.59 Å². The number of anilines is 1. The van der Waals surface area contributed by atoms with Crippen LogP contribution in [0, 0.1) is 6.92 Å². The molecule has 6 heteroatoms. The van der Waals surface area contributed by atoms with Crippen LogP contribution in [-0.2, 0) is 9.59 Å². The lowest BCUT2D eigenvalue weighted by Crippen LogP contribution is -2.40. The van der Waals surface area contributed by atoms with Gasteiger partial charge in [0.25, 0.3) is 0 Å². The molecule has 0 saturated heterocycles. The molecule has 2 amide bonds. The van der Waals surface area contributed by atoms with Gasteiger partial charge in [0.15, 0.2) is 5.13 Å². The number of hydrogen-bond acceptors (Lipinski definition) is 4. The molecule has 0 spiro atoms. The Hall–Kier alpha value is -1.95. The van der Waals surface area contributed by atoms with Gasteiger partial charge in [-0.1, -0.05) is 17.4 Å². The van der Waals surface area contributed by atoms with E-state index in [1.54, 1.807) is 6.92 Å². The van der Waals surface area contributed by atoms with Crippen molar-refractivity contribution in [2.45, 2.75) is 26.8 Å². The van der Waals surface area contributed by atoms with Gasteiger partial charge in [0, 0.05) is 6.92 Å². The van der Waals surface area contributed by atoms with E-state index in [0.717, 1.165) is 15.8 Å². The Morgan fingerprint density at radius 2 is 2.11 bits per heavy atom. The molecule has 1 unspecified atom stereocenters. The third kappa shape index (κ3) is 3.29. The lowest BCUT2D eigenvalue weighted by atomic mass is 10.2. The summed E-state index contributed by atoms with van der Waals surface area (Å²) in [6, 6.07) is 5.35. The fourth-order valence-electron chi connectivity index (χ4n) is 1.67. The number of rotatable bonds is 3. The lowest BCUT2D eigenvalue weighted by molar-refractivity contribution is -0.124. The number of benzene rings is 1. The van der Waals surface area contributed by atoms with Gasteiger partial charge in [-0.2, -0.15) is 0 Å².